The minimum absolute atomic E-state index is 0.271. The molecule has 5 nitrogen and oxygen atoms in total. The van der Waals surface area contributed by atoms with Crippen LogP contribution in [0.3, 0.4) is 0 Å². The van der Waals surface area contributed by atoms with E-state index in [9.17, 15) is 0 Å². The highest BCUT2D eigenvalue weighted by Gasteiger charge is 2.25. The molecule has 19 heavy (non-hydrogen) atoms. The normalized spacial score (nSPS) is 16.3. The highest BCUT2D eigenvalue weighted by atomic mass is 79.9. The Labute approximate surface area is 119 Å². The molecule has 2 N–H and O–H groups in total. The summed E-state index contributed by atoms with van der Waals surface area (Å²) >= 11 is 3.52. The van der Waals surface area contributed by atoms with E-state index in [2.05, 4.69) is 33.0 Å². The molecule has 100 valence electrons. The van der Waals surface area contributed by atoms with Crippen molar-refractivity contribution in [3.05, 3.63) is 28.7 Å². The molecule has 1 aliphatic heterocycles. The van der Waals surface area contributed by atoms with Gasteiger partial charge in [-0.1, -0.05) is 5.16 Å². The van der Waals surface area contributed by atoms with Crippen LogP contribution in [0.5, 0.6) is 5.75 Å². The number of ether oxygens (including phenoxy) is 1. The number of nitrogens with zero attached hydrogens (tertiary/aromatic N) is 2. The van der Waals surface area contributed by atoms with Gasteiger partial charge >= 0.3 is 0 Å². The lowest BCUT2D eigenvalue weighted by molar-refractivity contribution is 0.0383. The quantitative estimate of drug-likeness (QED) is 0.939. The average molecular weight is 324 g/mol. The van der Waals surface area contributed by atoms with Crippen LogP contribution in [0.4, 0.5) is 5.82 Å². The summed E-state index contributed by atoms with van der Waals surface area (Å²) in [7, 11) is 2.08. The lowest BCUT2D eigenvalue weighted by Crippen LogP contribution is -2.51. The second-order valence-electron chi connectivity index (χ2n) is 4.72. The molecule has 1 fully saturated rings. The van der Waals surface area contributed by atoms with Gasteiger partial charge in [0.25, 0.3) is 0 Å². The number of halogens is 1. The lowest BCUT2D eigenvalue weighted by Gasteiger charge is -2.36. The predicted octanol–water partition coefficient (Wildman–Crippen LogP) is 2.38. The van der Waals surface area contributed by atoms with E-state index < -0.39 is 0 Å². The standard InChI is InChI=1S/C13H14BrN3O2/c1-17-6-9(7-17)18-11-3-2-8(4-10(11)14)12-5-13(15)16-19-12/h2-5,9H,6-7H2,1H3,(H2,15,16). The van der Waals surface area contributed by atoms with Crippen molar-refractivity contribution in [1.29, 1.82) is 0 Å². The van der Waals surface area contributed by atoms with E-state index in [-0.39, 0.29) is 6.10 Å². The van der Waals surface area contributed by atoms with E-state index in [4.69, 9.17) is 15.0 Å². The average Bonchev–Trinajstić information content (AvgIpc) is 2.76. The molecule has 3 rings (SSSR count). The molecule has 0 saturated carbocycles. The van der Waals surface area contributed by atoms with E-state index >= 15 is 0 Å². The molecule has 0 atom stereocenters. The van der Waals surface area contributed by atoms with Crippen molar-refractivity contribution >= 4 is 21.7 Å². The molecule has 0 unspecified atom stereocenters. The van der Waals surface area contributed by atoms with E-state index in [1.807, 2.05) is 18.2 Å². The molecule has 0 bridgehead atoms. The fraction of sp³-hybridized carbons (Fsp3) is 0.308. The maximum atomic E-state index is 5.89. The third-order valence-corrected chi connectivity index (χ3v) is 3.69. The number of hydrogen-bond donors (Lipinski definition) is 1. The second kappa shape index (κ2) is 4.86. The second-order valence-corrected chi connectivity index (χ2v) is 5.58. The zero-order valence-corrected chi connectivity index (χ0v) is 12.1. The van der Waals surface area contributed by atoms with Crippen molar-refractivity contribution in [2.24, 2.45) is 0 Å². The van der Waals surface area contributed by atoms with Gasteiger partial charge < -0.3 is 15.0 Å². The maximum Gasteiger partial charge on any atom is 0.169 e. The van der Waals surface area contributed by atoms with E-state index in [0.29, 0.717) is 11.6 Å². The van der Waals surface area contributed by atoms with Gasteiger partial charge in [0.15, 0.2) is 11.6 Å². The third kappa shape index (κ3) is 2.59. The number of aromatic nitrogens is 1. The molecule has 0 amide bonds. The molecule has 0 spiro atoms. The summed E-state index contributed by atoms with van der Waals surface area (Å²) in [6, 6.07) is 7.50. The molecule has 0 aliphatic carbocycles. The smallest absolute Gasteiger partial charge is 0.169 e. The summed E-state index contributed by atoms with van der Waals surface area (Å²) in [5.41, 5.74) is 6.45. The summed E-state index contributed by atoms with van der Waals surface area (Å²) in [6.45, 7) is 1.93. The van der Waals surface area contributed by atoms with Crippen LogP contribution in [0.1, 0.15) is 0 Å². The summed E-state index contributed by atoms with van der Waals surface area (Å²) < 4.78 is 11.9. The third-order valence-electron chi connectivity index (χ3n) is 3.07. The molecule has 2 heterocycles. The Morgan fingerprint density at radius 1 is 1.42 bits per heavy atom. The maximum absolute atomic E-state index is 5.89. The Morgan fingerprint density at radius 2 is 2.21 bits per heavy atom. The number of nitrogen functional groups attached to an aromatic ring is 1. The molecule has 1 saturated heterocycles. The summed E-state index contributed by atoms with van der Waals surface area (Å²) in [6.07, 6.45) is 0.271. The van der Waals surface area contributed by atoms with Gasteiger partial charge in [-0.3, -0.25) is 4.90 Å². The zero-order valence-electron chi connectivity index (χ0n) is 10.5. The topological polar surface area (TPSA) is 64.5 Å². The van der Waals surface area contributed by atoms with Crippen LogP contribution >= 0.6 is 15.9 Å². The lowest BCUT2D eigenvalue weighted by atomic mass is 10.1. The zero-order chi connectivity index (χ0) is 13.4. The minimum atomic E-state index is 0.271. The van der Waals surface area contributed by atoms with Gasteiger partial charge in [-0.15, -0.1) is 0 Å². The number of rotatable bonds is 3. The van der Waals surface area contributed by atoms with Crippen LogP contribution in [0.15, 0.2) is 33.3 Å². The van der Waals surface area contributed by atoms with Crippen LogP contribution in [0, 0.1) is 0 Å². The minimum Gasteiger partial charge on any atom is -0.487 e. The van der Waals surface area contributed by atoms with Gasteiger partial charge in [-0.2, -0.15) is 0 Å². The Bertz CT molecular complexity index is 593. The Morgan fingerprint density at radius 3 is 2.79 bits per heavy atom. The Hall–Kier alpha value is -1.53. The van der Waals surface area contributed by atoms with Crippen LogP contribution in [0.2, 0.25) is 0 Å². The molecule has 0 radical (unpaired) electrons. The molecule has 1 aliphatic rings. The van der Waals surface area contributed by atoms with Crippen LogP contribution in [-0.4, -0.2) is 36.3 Å². The SMILES string of the molecule is CN1CC(Oc2ccc(-c3cc(N)no3)cc2Br)C1. The largest absolute Gasteiger partial charge is 0.487 e. The van der Waals surface area contributed by atoms with Crippen molar-refractivity contribution in [2.75, 3.05) is 25.9 Å². The van der Waals surface area contributed by atoms with Crippen LogP contribution < -0.4 is 10.5 Å². The van der Waals surface area contributed by atoms with Gasteiger partial charge in [0, 0.05) is 24.7 Å². The fourth-order valence-corrected chi connectivity index (χ4v) is 2.54. The molecule has 1 aromatic heterocycles. The first-order valence-corrected chi connectivity index (χ1v) is 6.78. The van der Waals surface area contributed by atoms with Gasteiger partial charge in [-0.25, -0.2) is 0 Å². The van der Waals surface area contributed by atoms with E-state index in [0.717, 1.165) is 28.9 Å². The summed E-state index contributed by atoms with van der Waals surface area (Å²) in [5, 5.41) is 3.67. The molecule has 2 aromatic rings. The molecular weight excluding hydrogens is 310 g/mol. The first kappa shape index (κ1) is 12.5. The van der Waals surface area contributed by atoms with Gasteiger partial charge in [-0.05, 0) is 41.2 Å². The van der Waals surface area contributed by atoms with Crippen LogP contribution in [0.25, 0.3) is 11.3 Å². The van der Waals surface area contributed by atoms with Crippen molar-refractivity contribution < 1.29 is 9.26 Å². The molecular formula is C13H14BrN3O2. The van der Waals surface area contributed by atoms with Crippen LogP contribution in [-0.2, 0) is 0 Å². The summed E-state index contributed by atoms with van der Waals surface area (Å²) in [4.78, 5) is 2.21. The highest BCUT2D eigenvalue weighted by molar-refractivity contribution is 9.10. The van der Waals surface area contributed by atoms with Gasteiger partial charge in [0.1, 0.15) is 11.9 Å². The first-order valence-electron chi connectivity index (χ1n) is 5.99. The fourth-order valence-electron chi connectivity index (χ4n) is 2.07. The summed E-state index contributed by atoms with van der Waals surface area (Å²) in [5.74, 6) is 1.87. The molecule has 1 aromatic carbocycles. The Balaban J connectivity index is 1.78. The Kier molecular flexibility index (Phi) is 3.20. The number of likely N-dealkylation sites (N-methyl/N-ethyl adjacent to an activating group) is 1. The van der Waals surface area contributed by atoms with Crippen molar-refractivity contribution in [2.45, 2.75) is 6.10 Å². The van der Waals surface area contributed by atoms with E-state index in [1.165, 1.54) is 0 Å². The van der Waals surface area contributed by atoms with E-state index in [1.54, 1.807) is 6.07 Å². The number of anilines is 1. The van der Waals surface area contributed by atoms with Gasteiger partial charge in [0.05, 0.1) is 4.47 Å². The number of benzene rings is 1. The monoisotopic (exact) mass is 323 g/mol. The number of likely N-dealkylation sites (tertiary alicyclic amines) is 1. The number of nitrogens with two attached hydrogens (primary N) is 1. The predicted molar refractivity (Wildman–Crippen MR) is 76.0 cm³/mol. The van der Waals surface area contributed by atoms with Crippen molar-refractivity contribution in [3.63, 3.8) is 0 Å². The highest BCUT2D eigenvalue weighted by Crippen LogP contribution is 2.32. The van der Waals surface area contributed by atoms with Gasteiger partial charge in [0.2, 0.25) is 0 Å². The van der Waals surface area contributed by atoms with Crippen molar-refractivity contribution in [1.82, 2.24) is 10.1 Å². The van der Waals surface area contributed by atoms with Crippen molar-refractivity contribution in [3.8, 4) is 17.1 Å². The first-order chi connectivity index (χ1) is 9.11. The number of hydrogen-bond acceptors (Lipinski definition) is 5. The molecule has 6 heteroatoms.